The van der Waals surface area contributed by atoms with Crippen molar-refractivity contribution in [1.29, 1.82) is 0 Å². The highest BCUT2D eigenvalue weighted by molar-refractivity contribution is 6.70. The Labute approximate surface area is 353 Å². The average Bonchev–Trinajstić information content (AvgIpc) is 3.48. The number of fused-ring (bicyclic) bond motifs is 6. The summed E-state index contributed by atoms with van der Waals surface area (Å²) in [4.78, 5) is 0. The van der Waals surface area contributed by atoms with Gasteiger partial charge in [0.2, 0.25) is 0 Å². The molecule has 8 rings (SSSR count). The largest absolute Gasteiger partial charge is 0.408 e. The predicted molar refractivity (Wildman–Crippen MR) is 248 cm³/mol. The maximum atomic E-state index is 12.1. The van der Waals surface area contributed by atoms with E-state index >= 15 is 0 Å². The number of rotatable bonds is 6. The molecule has 2 aromatic carbocycles. The van der Waals surface area contributed by atoms with E-state index in [-0.39, 0.29) is 23.7 Å². The van der Waals surface area contributed by atoms with Crippen LogP contribution in [-0.2, 0) is 8.85 Å². The minimum absolute atomic E-state index is 0.112. The Hall–Kier alpha value is -2.85. The lowest BCUT2D eigenvalue weighted by atomic mass is 9.67. The molecule has 2 N–H and O–H groups in total. The Morgan fingerprint density at radius 1 is 0.603 bits per heavy atom. The third kappa shape index (κ3) is 8.41. The van der Waals surface area contributed by atoms with Crippen molar-refractivity contribution >= 4 is 28.8 Å². The van der Waals surface area contributed by atoms with Gasteiger partial charge in [0, 0.05) is 36.5 Å². The van der Waals surface area contributed by atoms with Crippen molar-refractivity contribution in [3.8, 4) is 0 Å². The second-order valence-electron chi connectivity index (χ2n) is 21.0. The topological polar surface area (TPSA) is 58.9 Å². The first-order valence-corrected chi connectivity index (χ1v) is 29.2. The Kier molecular flexibility index (Phi) is 12.1. The van der Waals surface area contributed by atoms with Gasteiger partial charge in [0.15, 0.2) is 16.6 Å². The molecule has 10 atom stereocenters. The minimum Gasteiger partial charge on any atom is -0.408 e. The van der Waals surface area contributed by atoms with E-state index in [0.717, 1.165) is 64.2 Å². The number of allylic oxidation sites excluding steroid dienone is 2. The van der Waals surface area contributed by atoms with E-state index in [0.29, 0.717) is 11.8 Å². The molecule has 6 heteroatoms. The van der Waals surface area contributed by atoms with Crippen LogP contribution in [-0.4, -0.2) is 49.3 Å². The van der Waals surface area contributed by atoms with Gasteiger partial charge in [0.1, 0.15) is 0 Å². The predicted octanol–water partition coefficient (Wildman–Crippen LogP) is 12.7. The maximum Gasteiger partial charge on any atom is 0.184 e. The van der Waals surface area contributed by atoms with Crippen LogP contribution in [0.5, 0.6) is 0 Å². The molecule has 58 heavy (non-hydrogen) atoms. The van der Waals surface area contributed by atoms with Gasteiger partial charge in [-0.25, -0.2) is 0 Å². The van der Waals surface area contributed by atoms with Crippen LogP contribution in [0.2, 0.25) is 39.3 Å². The lowest BCUT2D eigenvalue weighted by Crippen LogP contribution is -2.56. The van der Waals surface area contributed by atoms with Crippen molar-refractivity contribution < 1.29 is 19.1 Å². The zero-order valence-corrected chi connectivity index (χ0v) is 38.9. The van der Waals surface area contributed by atoms with Crippen molar-refractivity contribution in [1.82, 2.24) is 0 Å². The van der Waals surface area contributed by atoms with Crippen LogP contribution >= 0.6 is 0 Å². The molecular weight excluding hydrogens is 745 g/mol. The van der Waals surface area contributed by atoms with E-state index in [1.54, 1.807) is 0 Å². The molecule has 0 aromatic heterocycles. The second-order valence-corrected chi connectivity index (χ2v) is 29.9. The van der Waals surface area contributed by atoms with Crippen LogP contribution in [0.15, 0.2) is 120 Å². The first kappa shape index (κ1) is 43.2. The molecule has 2 aromatic rings. The normalized spacial score (nSPS) is 38.6. The molecule has 312 valence electrons. The summed E-state index contributed by atoms with van der Waals surface area (Å²) in [5.74, 6) is 1.31. The van der Waals surface area contributed by atoms with Crippen molar-refractivity contribution in [2.45, 2.75) is 140 Å². The van der Waals surface area contributed by atoms with Gasteiger partial charge in [-0.15, -0.1) is 0 Å². The van der Waals surface area contributed by atoms with E-state index in [9.17, 15) is 10.2 Å². The standard InChI is InChI=1S/2C26H36O2Si/c2*1-19-15-22-13-9-10-14-25(22,27)24-16-20(2)23(17-21-11-7-6-8-12-21)26(24,18-19)28-29(3,4)5/h2*6-9,11-13,17,20,22,24,27H,1,10,14-16,18H2,2-5H3/b2*23-17-/t2*20-,22-,24+,25-,26+/m10/s1. The van der Waals surface area contributed by atoms with Gasteiger partial charge < -0.3 is 19.1 Å². The summed E-state index contributed by atoms with van der Waals surface area (Å²) in [6, 6.07) is 21.2. The summed E-state index contributed by atoms with van der Waals surface area (Å²) >= 11 is 0. The quantitative estimate of drug-likeness (QED) is 0.225. The minimum atomic E-state index is -1.88. The van der Waals surface area contributed by atoms with Crippen LogP contribution in [0.4, 0.5) is 0 Å². The molecule has 4 fully saturated rings. The Morgan fingerprint density at radius 3 is 1.31 bits per heavy atom. The molecule has 0 heterocycles. The molecular formula is C52H72O4Si2. The first-order valence-electron chi connectivity index (χ1n) is 22.3. The summed E-state index contributed by atoms with van der Waals surface area (Å²) in [5.41, 5.74) is 5.29. The molecule has 6 aliphatic rings. The Bertz CT molecular complexity index is 1810. The summed E-state index contributed by atoms with van der Waals surface area (Å²) in [6.45, 7) is 27.2. The molecule has 0 unspecified atom stereocenters. The molecule has 0 radical (unpaired) electrons. The lowest BCUT2D eigenvalue weighted by Gasteiger charge is -2.49. The third-order valence-corrected chi connectivity index (χ3v) is 16.2. The van der Waals surface area contributed by atoms with Crippen LogP contribution in [0.25, 0.3) is 12.2 Å². The van der Waals surface area contributed by atoms with Gasteiger partial charge in [0.25, 0.3) is 0 Å². The number of aliphatic hydroxyl groups is 2. The summed E-state index contributed by atoms with van der Waals surface area (Å²) in [6.07, 6.45) is 22.6. The van der Waals surface area contributed by atoms with Gasteiger partial charge in [-0.1, -0.05) is 135 Å². The molecule has 4 nitrogen and oxygen atoms in total. The van der Waals surface area contributed by atoms with Crippen LogP contribution < -0.4 is 0 Å². The second kappa shape index (κ2) is 16.2. The average molecular weight is 817 g/mol. The van der Waals surface area contributed by atoms with E-state index in [1.807, 2.05) is 0 Å². The molecule has 4 saturated carbocycles. The van der Waals surface area contributed by atoms with Crippen molar-refractivity contribution in [2.24, 2.45) is 35.5 Å². The zero-order chi connectivity index (χ0) is 41.7. The molecule has 0 spiro atoms. The fourth-order valence-corrected chi connectivity index (χ4v) is 15.2. The zero-order valence-electron chi connectivity index (χ0n) is 36.9. The molecule has 0 saturated heterocycles. The summed E-state index contributed by atoms with van der Waals surface area (Å²) in [5, 5.41) is 24.3. The lowest BCUT2D eigenvalue weighted by molar-refractivity contribution is -0.112. The SMILES string of the molecule is C=C1C[C@@H]2C=CCC[C@@]2(O)[C@H]2C[C@H](C)/C(=C/c3ccccc3)[C@]2(O[Si](C)(C)C)C1.C=C1C[C@H]2C=CCC[C@]2(O)[C@@H]2C[C@@H](C)/C(=C/c3ccccc3)[C@@]2(O[Si](C)(C)C)C1. The maximum absolute atomic E-state index is 12.1. The number of hydrogen-bond acceptors (Lipinski definition) is 4. The molecule has 0 amide bonds. The highest BCUT2D eigenvalue weighted by Gasteiger charge is 2.64. The molecule has 0 aliphatic heterocycles. The van der Waals surface area contributed by atoms with Gasteiger partial charge in [-0.05, 0) is 125 Å². The van der Waals surface area contributed by atoms with Crippen molar-refractivity contribution in [3.63, 3.8) is 0 Å². The summed E-state index contributed by atoms with van der Waals surface area (Å²) < 4.78 is 14.3. The first-order chi connectivity index (χ1) is 27.3. The van der Waals surface area contributed by atoms with E-state index < -0.39 is 39.0 Å². The Balaban J connectivity index is 0.000000177. The highest BCUT2D eigenvalue weighted by Crippen LogP contribution is 2.62. The number of benzene rings is 2. The van der Waals surface area contributed by atoms with Crippen molar-refractivity contribution in [2.75, 3.05) is 0 Å². The van der Waals surface area contributed by atoms with E-state index in [1.165, 1.54) is 33.4 Å². The van der Waals surface area contributed by atoms with Gasteiger partial charge >= 0.3 is 0 Å². The number of hydrogen-bond donors (Lipinski definition) is 2. The molecule has 6 aliphatic carbocycles. The van der Waals surface area contributed by atoms with Gasteiger partial charge in [-0.3, -0.25) is 0 Å². The fraction of sp³-hybridized carbons (Fsp3) is 0.538. The van der Waals surface area contributed by atoms with Crippen LogP contribution in [0, 0.1) is 35.5 Å². The van der Waals surface area contributed by atoms with Crippen molar-refractivity contribution in [3.05, 3.63) is 132 Å². The third-order valence-electron chi connectivity index (χ3n) is 14.3. The monoisotopic (exact) mass is 816 g/mol. The van der Waals surface area contributed by atoms with Gasteiger partial charge in [-0.2, -0.15) is 0 Å². The molecule has 0 bridgehead atoms. The van der Waals surface area contributed by atoms with E-state index in [4.69, 9.17) is 8.85 Å². The highest BCUT2D eigenvalue weighted by atomic mass is 28.4. The summed E-state index contributed by atoms with van der Waals surface area (Å²) in [7, 11) is -3.76. The van der Waals surface area contributed by atoms with Crippen LogP contribution in [0.1, 0.15) is 89.2 Å². The Morgan fingerprint density at radius 2 is 0.966 bits per heavy atom. The smallest absolute Gasteiger partial charge is 0.184 e. The van der Waals surface area contributed by atoms with E-state index in [2.05, 4.69) is 163 Å². The van der Waals surface area contributed by atoms with Crippen LogP contribution in [0.3, 0.4) is 0 Å². The van der Waals surface area contributed by atoms with Gasteiger partial charge in [0.05, 0.1) is 22.4 Å². The fourth-order valence-electron chi connectivity index (χ4n) is 12.4.